The van der Waals surface area contributed by atoms with Gasteiger partial charge in [-0.05, 0) is 65.9 Å². The second-order valence-electron chi connectivity index (χ2n) is 12.5. The highest BCUT2D eigenvalue weighted by atomic mass is 79.9. The quantitative estimate of drug-likeness (QED) is 0.265. The van der Waals surface area contributed by atoms with Gasteiger partial charge < -0.3 is 19.5 Å². The number of amides is 2. The molecule has 5 heterocycles. The van der Waals surface area contributed by atoms with Crippen LogP contribution in [0.1, 0.15) is 46.1 Å². The van der Waals surface area contributed by atoms with Gasteiger partial charge in [-0.25, -0.2) is 9.97 Å². The molecule has 3 aromatic heterocycles. The Labute approximate surface area is 284 Å². The van der Waals surface area contributed by atoms with Crippen molar-refractivity contribution in [1.29, 1.82) is 0 Å². The van der Waals surface area contributed by atoms with Crippen molar-refractivity contribution in [3.05, 3.63) is 110 Å². The predicted octanol–water partition coefficient (Wildman–Crippen LogP) is 5.01. The van der Waals surface area contributed by atoms with E-state index in [0.717, 1.165) is 11.3 Å². The molecule has 2 aromatic carbocycles. The summed E-state index contributed by atoms with van der Waals surface area (Å²) in [7, 11) is 0. The third-order valence-corrected chi connectivity index (χ3v) is 11.2. The lowest BCUT2D eigenvalue weighted by molar-refractivity contribution is -0.142. The Bertz CT molecular complexity index is 1980. The number of aryl methyl sites for hydroxylation is 1. The summed E-state index contributed by atoms with van der Waals surface area (Å²) in [5, 5.41) is 12.1. The summed E-state index contributed by atoms with van der Waals surface area (Å²) in [5.41, 5.74) is 1.86. The van der Waals surface area contributed by atoms with Crippen LogP contribution in [0, 0.1) is 12.8 Å². The van der Waals surface area contributed by atoms with Gasteiger partial charge in [0.15, 0.2) is 9.56 Å². The van der Waals surface area contributed by atoms with Gasteiger partial charge in [0.1, 0.15) is 11.2 Å². The van der Waals surface area contributed by atoms with Gasteiger partial charge in [-0.1, -0.05) is 48.5 Å². The molecule has 0 aliphatic carbocycles. The molecule has 7 rings (SSSR count). The molecular weight excluding hydrogens is 680 g/mol. The van der Waals surface area contributed by atoms with Crippen molar-refractivity contribution < 1.29 is 14.7 Å². The summed E-state index contributed by atoms with van der Waals surface area (Å²) in [4.78, 5) is 54.3. The summed E-state index contributed by atoms with van der Waals surface area (Å²) in [6.45, 7) is 3.64. The van der Waals surface area contributed by atoms with E-state index in [-0.39, 0.29) is 35.8 Å². The van der Waals surface area contributed by atoms with Gasteiger partial charge in [-0.3, -0.25) is 19.0 Å². The summed E-state index contributed by atoms with van der Waals surface area (Å²) < 4.78 is 4.04. The van der Waals surface area contributed by atoms with Crippen LogP contribution in [0.2, 0.25) is 0 Å². The van der Waals surface area contributed by atoms with Crippen LogP contribution >= 0.6 is 27.3 Å². The third kappa shape index (κ3) is 6.17. The number of hydrogen-bond donors (Lipinski definition) is 1. The lowest BCUT2D eigenvalue weighted by Crippen LogP contribution is -2.53. The Morgan fingerprint density at radius 2 is 1.70 bits per heavy atom. The minimum Gasteiger partial charge on any atom is -0.388 e. The first-order valence-electron chi connectivity index (χ1n) is 15.8. The lowest BCUT2D eigenvalue weighted by atomic mass is 9.79. The number of hydrogen-bond acceptors (Lipinski definition) is 7. The molecule has 47 heavy (non-hydrogen) atoms. The Kier molecular flexibility index (Phi) is 8.58. The summed E-state index contributed by atoms with van der Waals surface area (Å²) >= 11 is 4.73. The molecule has 12 heteroatoms. The highest BCUT2D eigenvalue weighted by Crippen LogP contribution is 2.37. The normalized spacial score (nSPS) is 19.6. The first-order chi connectivity index (χ1) is 22.7. The largest absolute Gasteiger partial charge is 0.388 e. The van der Waals surface area contributed by atoms with Crippen LogP contribution in [0.15, 0.2) is 88.0 Å². The molecule has 2 amide bonds. The maximum absolute atomic E-state index is 14.1. The van der Waals surface area contributed by atoms with Crippen molar-refractivity contribution in [1.82, 2.24) is 28.9 Å². The Morgan fingerprint density at radius 1 is 1.00 bits per heavy atom. The number of benzene rings is 2. The molecule has 10 nitrogen and oxygen atoms in total. The van der Waals surface area contributed by atoms with E-state index in [9.17, 15) is 19.5 Å². The van der Waals surface area contributed by atoms with Crippen LogP contribution in [-0.2, 0) is 11.3 Å². The second kappa shape index (κ2) is 12.8. The SMILES string of the molecule is Cc1nc(Br)sc1C(=O)N1CC[C@@H](C(=O)N2CCC(O)(Cn3cnc4c(ccn4-c4ccccc4)c3=O)CC2)[C@H](c2ccccc2)C1. The van der Waals surface area contributed by atoms with Crippen LogP contribution in [0.4, 0.5) is 0 Å². The van der Waals surface area contributed by atoms with Crippen molar-refractivity contribution in [2.24, 2.45) is 5.92 Å². The molecule has 2 aliphatic heterocycles. The number of carbonyl (C=O) groups is 2. The summed E-state index contributed by atoms with van der Waals surface area (Å²) in [6, 6.07) is 21.4. The fourth-order valence-electron chi connectivity index (χ4n) is 6.99. The number of para-hydroxylation sites is 1. The maximum Gasteiger partial charge on any atom is 0.265 e. The number of likely N-dealkylation sites (tertiary alicyclic amines) is 2. The zero-order chi connectivity index (χ0) is 32.7. The average Bonchev–Trinajstić information content (AvgIpc) is 3.68. The Balaban J connectivity index is 1.04. The molecule has 2 atom stereocenters. The zero-order valence-electron chi connectivity index (χ0n) is 26.0. The van der Waals surface area contributed by atoms with E-state index in [1.165, 1.54) is 22.2 Å². The summed E-state index contributed by atoms with van der Waals surface area (Å²) in [6.07, 6.45) is 4.58. The molecule has 1 N–H and O–H groups in total. The number of carbonyl (C=O) groups excluding carboxylic acids is 2. The van der Waals surface area contributed by atoms with Gasteiger partial charge in [-0.2, -0.15) is 0 Å². The molecule has 2 fully saturated rings. The number of rotatable bonds is 6. The number of thiazole rings is 1. The molecule has 0 spiro atoms. The van der Waals surface area contributed by atoms with Gasteiger partial charge in [0.25, 0.3) is 11.5 Å². The van der Waals surface area contributed by atoms with Crippen molar-refractivity contribution in [3.8, 4) is 5.69 Å². The number of piperidine rings is 2. The summed E-state index contributed by atoms with van der Waals surface area (Å²) in [5.74, 6) is -0.449. The van der Waals surface area contributed by atoms with Crippen LogP contribution in [0.25, 0.3) is 16.7 Å². The van der Waals surface area contributed by atoms with E-state index in [1.54, 1.807) is 6.07 Å². The van der Waals surface area contributed by atoms with E-state index in [4.69, 9.17) is 0 Å². The molecule has 242 valence electrons. The standard InChI is InChI=1S/C35H35BrN6O4S/c1-23-29(47-34(36)38-23)33(45)40-16-12-26(28(20-40)24-8-4-2-5-9-24)31(43)39-18-14-35(46,15-19-39)21-41-22-37-30-27(32(41)44)13-17-42(30)25-10-6-3-7-11-25/h2-11,13,17,22,26,28,46H,12,14-16,18-21H2,1H3/t26-,28+/m1/s1. The zero-order valence-corrected chi connectivity index (χ0v) is 28.4. The molecule has 0 saturated carbocycles. The number of fused-ring (bicyclic) bond motifs is 1. The van der Waals surface area contributed by atoms with Crippen molar-refractivity contribution in [2.45, 2.75) is 44.2 Å². The molecule has 0 radical (unpaired) electrons. The minimum atomic E-state index is -1.15. The van der Waals surface area contributed by atoms with Gasteiger partial charge in [0.05, 0.1) is 23.2 Å². The predicted molar refractivity (Wildman–Crippen MR) is 184 cm³/mol. The molecule has 0 bridgehead atoms. The fraction of sp³-hybridized carbons (Fsp3) is 0.343. The minimum absolute atomic E-state index is 0.0484. The second-order valence-corrected chi connectivity index (χ2v) is 14.8. The molecular formula is C35H35BrN6O4S. The molecule has 5 aromatic rings. The maximum atomic E-state index is 14.1. The van der Waals surface area contributed by atoms with Crippen molar-refractivity contribution in [2.75, 3.05) is 26.2 Å². The smallest absolute Gasteiger partial charge is 0.265 e. The van der Waals surface area contributed by atoms with Gasteiger partial charge >= 0.3 is 0 Å². The van der Waals surface area contributed by atoms with Gasteiger partial charge in [0, 0.05) is 49.9 Å². The average molecular weight is 716 g/mol. The number of nitrogens with zero attached hydrogens (tertiary/aromatic N) is 6. The van der Waals surface area contributed by atoms with E-state index in [1.807, 2.05) is 88.2 Å². The topological polar surface area (TPSA) is 114 Å². The van der Waals surface area contributed by atoms with Crippen LogP contribution < -0.4 is 5.56 Å². The molecule has 2 aliphatic rings. The Hall–Kier alpha value is -4.13. The number of aromatic nitrogens is 4. The number of halogens is 1. The fourth-order valence-corrected chi connectivity index (χ4v) is 8.50. The van der Waals surface area contributed by atoms with Gasteiger partial charge in [-0.15, -0.1) is 11.3 Å². The highest BCUT2D eigenvalue weighted by molar-refractivity contribution is 9.11. The number of aliphatic hydroxyl groups is 1. The van der Waals surface area contributed by atoms with Crippen molar-refractivity contribution in [3.63, 3.8) is 0 Å². The Morgan fingerprint density at radius 3 is 2.38 bits per heavy atom. The highest BCUT2D eigenvalue weighted by Gasteiger charge is 2.42. The lowest BCUT2D eigenvalue weighted by Gasteiger charge is -2.43. The van der Waals surface area contributed by atoms with E-state index in [0.29, 0.717) is 71.0 Å². The van der Waals surface area contributed by atoms with Crippen LogP contribution in [0.5, 0.6) is 0 Å². The monoisotopic (exact) mass is 714 g/mol. The molecule has 2 saturated heterocycles. The van der Waals surface area contributed by atoms with Crippen LogP contribution in [0.3, 0.4) is 0 Å². The van der Waals surface area contributed by atoms with E-state index in [2.05, 4.69) is 25.9 Å². The molecule has 0 unspecified atom stereocenters. The van der Waals surface area contributed by atoms with E-state index >= 15 is 0 Å². The first kappa shape index (κ1) is 31.5. The van der Waals surface area contributed by atoms with Gasteiger partial charge in [0.2, 0.25) is 5.91 Å². The first-order valence-corrected chi connectivity index (χ1v) is 17.4. The van der Waals surface area contributed by atoms with E-state index < -0.39 is 5.60 Å². The van der Waals surface area contributed by atoms with Crippen LogP contribution in [-0.4, -0.2) is 77.6 Å². The van der Waals surface area contributed by atoms with Crippen molar-refractivity contribution >= 4 is 50.1 Å². The third-order valence-electron chi connectivity index (χ3n) is 9.58.